The van der Waals surface area contributed by atoms with Crippen molar-refractivity contribution < 1.29 is 19.2 Å². The van der Waals surface area contributed by atoms with E-state index in [2.05, 4.69) is 4.90 Å². The van der Waals surface area contributed by atoms with E-state index >= 15 is 0 Å². The number of nitro groups is 1. The van der Waals surface area contributed by atoms with Gasteiger partial charge in [0, 0.05) is 62.4 Å². The normalized spacial score (nSPS) is 13.2. The molecule has 1 saturated heterocycles. The van der Waals surface area contributed by atoms with Crippen LogP contribution in [0.5, 0.6) is 11.5 Å². The number of carbonyl (C=O) groups is 2. The van der Waals surface area contributed by atoms with Crippen LogP contribution in [0.25, 0.3) is 0 Å². The van der Waals surface area contributed by atoms with Crippen LogP contribution >= 0.6 is 24.8 Å². The van der Waals surface area contributed by atoms with Gasteiger partial charge in [-0.15, -0.1) is 24.8 Å². The molecular weight excluding hydrogens is 505 g/mol. The fourth-order valence-electron chi connectivity index (χ4n) is 3.82. The van der Waals surface area contributed by atoms with E-state index in [0.717, 1.165) is 13.1 Å². The second-order valence-corrected chi connectivity index (χ2v) is 8.05. The van der Waals surface area contributed by atoms with Gasteiger partial charge in [-0.25, -0.2) is 0 Å². The molecule has 1 aliphatic rings. The van der Waals surface area contributed by atoms with E-state index < -0.39 is 4.92 Å². The molecule has 0 aromatic heterocycles. The summed E-state index contributed by atoms with van der Waals surface area (Å²) in [5, 5.41) is 10.7. The van der Waals surface area contributed by atoms with Crippen molar-refractivity contribution >= 4 is 42.2 Å². The van der Waals surface area contributed by atoms with Gasteiger partial charge >= 0.3 is 0 Å². The molecule has 1 fully saturated rings. The predicted molar refractivity (Wildman–Crippen MR) is 142 cm³/mol. The average molecular weight is 532 g/mol. The van der Waals surface area contributed by atoms with Crippen LogP contribution in [-0.2, 0) is 0 Å². The van der Waals surface area contributed by atoms with Gasteiger partial charge in [-0.1, -0.05) is 18.2 Å². The van der Waals surface area contributed by atoms with Gasteiger partial charge < -0.3 is 9.64 Å². The maximum atomic E-state index is 12.6. The third-order valence-corrected chi connectivity index (χ3v) is 5.79. The molecule has 1 aliphatic heterocycles. The van der Waals surface area contributed by atoms with Crippen LogP contribution in [0, 0.1) is 10.1 Å². The summed E-state index contributed by atoms with van der Waals surface area (Å²) in [5.74, 6) is 1.12. The third kappa shape index (κ3) is 7.52. The third-order valence-electron chi connectivity index (χ3n) is 5.79. The molecule has 0 N–H and O–H groups in total. The molecule has 3 aromatic rings. The number of benzene rings is 3. The number of carbonyl (C=O) groups excluding carboxylic acids is 2. The number of ketones is 1. The van der Waals surface area contributed by atoms with Crippen molar-refractivity contribution in [3.63, 3.8) is 0 Å². The van der Waals surface area contributed by atoms with Gasteiger partial charge in [-0.3, -0.25) is 24.6 Å². The standard InChI is InChI=1S/C26H25N3O5.2ClH/c30-25(14-15-27-16-18-28(19-17-27)26(31)21-4-2-1-3-5-21)20-6-10-23(11-7-20)34-24-12-8-22(9-13-24)29(32)33;;/h1-13H,14-19H2;2*1H. The molecule has 1 amide bonds. The maximum absolute atomic E-state index is 12.6. The zero-order valence-corrected chi connectivity index (χ0v) is 21.1. The first kappa shape index (κ1) is 28.8. The number of amides is 1. The number of non-ortho nitro benzene ring substituents is 1. The van der Waals surface area contributed by atoms with Gasteiger partial charge in [-0.05, 0) is 48.5 Å². The number of Topliss-reactive ketones (excluding diaryl/α,β-unsaturated/α-hetero) is 1. The quantitative estimate of drug-likeness (QED) is 0.223. The Morgan fingerprint density at radius 2 is 1.33 bits per heavy atom. The highest BCUT2D eigenvalue weighted by atomic mass is 35.5. The lowest BCUT2D eigenvalue weighted by Gasteiger charge is -2.34. The lowest BCUT2D eigenvalue weighted by Crippen LogP contribution is -2.49. The van der Waals surface area contributed by atoms with E-state index in [0.29, 0.717) is 48.7 Å². The molecular formula is C26H27Cl2N3O5. The van der Waals surface area contributed by atoms with Crippen molar-refractivity contribution in [1.82, 2.24) is 9.80 Å². The number of halogens is 2. The minimum absolute atomic E-state index is 0. The molecule has 10 heteroatoms. The Morgan fingerprint density at radius 3 is 1.89 bits per heavy atom. The summed E-state index contributed by atoms with van der Waals surface area (Å²) in [6.45, 7) is 3.43. The first-order chi connectivity index (χ1) is 16.5. The van der Waals surface area contributed by atoms with Crippen LogP contribution in [0.3, 0.4) is 0 Å². The minimum Gasteiger partial charge on any atom is -0.457 e. The molecule has 8 nitrogen and oxygen atoms in total. The lowest BCUT2D eigenvalue weighted by molar-refractivity contribution is -0.384. The van der Waals surface area contributed by atoms with E-state index in [9.17, 15) is 19.7 Å². The van der Waals surface area contributed by atoms with Gasteiger partial charge in [0.1, 0.15) is 11.5 Å². The molecule has 4 rings (SSSR count). The Morgan fingerprint density at radius 1 is 0.778 bits per heavy atom. The topological polar surface area (TPSA) is 93.0 Å². The van der Waals surface area contributed by atoms with Crippen molar-refractivity contribution in [2.75, 3.05) is 32.7 Å². The number of piperazine rings is 1. The maximum Gasteiger partial charge on any atom is 0.269 e. The van der Waals surface area contributed by atoms with Crippen molar-refractivity contribution in [3.8, 4) is 11.5 Å². The van der Waals surface area contributed by atoms with Crippen LogP contribution in [0.4, 0.5) is 5.69 Å². The Kier molecular flexibility index (Phi) is 10.9. The fourth-order valence-corrected chi connectivity index (χ4v) is 3.82. The highest BCUT2D eigenvalue weighted by molar-refractivity contribution is 5.96. The molecule has 190 valence electrons. The van der Waals surface area contributed by atoms with Gasteiger partial charge in [0.05, 0.1) is 4.92 Å². The van der Waals surface area contributed by atoms with Crippen LogP contribution in [0.15, 0.2) is 78.9 Å². The summed E-state index contributed by atoms with van der Waals surface area (Å²) in [4.78, 5) is 39.5. The Labute approximate surface area is 221 Å². The van der Waals surface area contributed by atoms with E-state index in [-0.39, 0.29) is 42.2 Å². The summed E-state index contributed by atoms with van der Waals surface area (Å²) in [6.07, 6.45) is 0.398. The number of hydrogen-bond donors (Lipinski definition) is 0. The molecule has 3 aromatic carbocycles. The van der Waals surface area contributed by atoms with Gasteiger partial charge in [-0.2, -0.15) is 0 Å². The van der Waals surface area contributed by atoms with Gasteiger partial charge in [0.2, 0.25) is 0 Å². The number of hydrogen-bond acceptors (Lipinski definition) is 6. The zero-order valence-electron chi connectivity index (χ0n) is 19.4. The van der Waals surface area contributed by atoms with Crippen LogP contribution in [0.2, 0.25) is 0 Å². The van der Waals surface area contributed by atoms with Crippen molar-refractivity contribution in [1.29, 1.82) is 0 Å². The van der Waals surface area contributed by atoms with Crippen LogP contribution < -0.4 is 4.74 Å². The van der Waals surface area contributed by atoms with Crippen LogP contribution in [0.1, 0.15) is 27.1 Å². The van der Waals surface area contributed by atoms with E-state index in [1.54, 1.807) is 24.3 Å². The first-order valence-electron chi connectivity index (χ1n) is 11.1. The summed E-state index contributed by atoms with van der Waals surface area (Å²) < 4.78 is 5.69. The van der Waals surface area contributed by atoms with E-state index in [1.165, 1.54) is 24.3 Å². The first-order valence-corrected chi connectivity index (χ1v) is 11.1. The molecule has 0 spiro atoms. The Bertz CT molecular complexity index is 1150. The SMILES string of the molecule is Cl.Cl.O=C(CCN1CCN(C(=O)c2ccccc2)CC1)c1ccc(Oc2ccc([N+](=O)[O-])cc2)cc1. The summed E-state index contributed by atoms with van der Waals surface area (Å²) in [7, 11) is 0. The Hall–Kier alpha value is -3.46. The van der Waals surface area contributed by atoms with Crippen molar-refractivity contribution in [3.05, 3.63) is 100 Å². The summed E-state index contributed by atoms with van der Waals surface area (Å²) >= 11 is 0. The molecule has 36 heavy (non-hydrogen) atoms. The second-order valence-electron chi connectivity index (χ2n) is 8.05. The summed E-state index contributed by atoms with van der Waals surface area (Å²) in [5.41, 5.74) is 1.30. The smallest absolute Gasteiger partial charge is 0.269 e. The van der Waals surface area contributed by atoms with Crippen molar-refractivity contribution in [2.24, 2.45) is 0 Å². The number of rotatable bonds is 8. The fraction of sp³-hybridized carbons (Fsp3) is 0.231. The van der Waals surface area contributed by atoms with Crippen LogP contribution in [-0.4, -0.2) is 59.1 Å². The zero-order chi connectivity index (χ0) is 23.9. The molecule has 1 heterocycles. The highest BCUT2D eigenvalue weighted by Gasteiger charge is 2.22. The second kappa shape index (κ2) is 13.6. The van der Waals surface area contributed by atoms with Gasteiger partial charge in [0.15, 0.2) is 5.78 Å². The molecule has 0 radical (unpaired) electrons. The van der Waals surface area contributed by atoms with Crippen molar-refractivity contribution in [2.45, 2.75) is 6.42 Å². The van der Waals surface area contributed by atoms with Gasteiger partial charge in [0.25, 0.3) is 11.6 Å². The molecule has 0 bridgehead atoms. The van der Waals surface area contributed by atoms with E-state index in [1.807, 2.05) is 35.2 Å². The highest BCUT2D eigenvalue weighted by Crippen LogP contribution is 2.24. The number of ether oxygens (including phenoxy) is 1. The average Bonchev–Trinajstić information content (AvgIpc) is 2.88. The van der Waals surface area contributed by atoms with E-state index in [4.69, 9.17) is 4.74 Å². The monoisotopic (exact) mass is 531 g/mol. The molecule has 0 saturated carbocycles. The molecule has 0 atom stereocenters. The lowest BCUT2D eigenvalue weighted by atomic mass is 10.1. The Balaban J connectivity index is 0.00000228. The number of nitro benzene ring substituents is 1. The summed E-state index contributed by atoms with van der Waals surface area (Å²) in [6, 6.07) is 22.0. The molecule has 0 unspecified atom stereocenters. The minimum atomic E-state index is -0.464. The molecule has 0 aliphatic carbocycles. The predicted octanol–water partition coefficient (Wildman–Crippen LogP) is 5.26. The number of nitrogens with zero attached hydrogens (tertiary/aromatic N) is 3. The largest absolute Gasteiger partial charge is 0.457 e.